The van der Waals surface area contributed by atoms with Crippen LogP contribution in [0, 0.1) is 11.3 Å². The van der Waals surface area contributed by atoms with Gasteiger partial charge in [0.2, 0.25) is 0 Å². The number of carbonyl (C=O) groups excluding carboxylic acids is 1. The topological polar surface area (TPSA) is 47.6 Å². The Labute approximate surface area is 151 Å². The van der Waals surface area contributed by atoms with Gasteiger partial charge in [-0.3, -0.25) is 0 Å². The minimum absolute atomic E-state index is 0.142. The zero-order valence-corrected chi connectivity index (χ0v) is 16.2. The van der Waals surface area contributed by atoms with Crippen molar-refractivity contribution < 1.29 is 18.7 Å². The van der Waals surface area contributed by atoms with Gasteiger partial charge >= 0.3 is 6.09 Å². The van der Waals surface area contributed by atoms with E-state index in [9.17, 15) is 9.18 Å². The fourth-order valence-electron chi connectivity index (χ4n) is 2.51. The third-order valence-corrected chi connectivity index (χ3v) is 4.26. The first-order valence-corrected chi connectivity index (χ1v) is 8.79. The first-order chi connectivity index (χ1) is 11.4. The first kappa shape index (κ1) is 21.3. The number of carbonyl (C=O) groups is 1. The molecule has 0 aromatic carbocycles. The average molecular weight is 353 g/mol. The molecule has 0 radical (unpaired) electrons. The highest BCUT2D eigenvalue weighted by Crippen LogP contribution is 2.41. The minimum Gasteiger partial charge on any atom is -0.493 e. The summed E-state index contributed by atoms with van der Waals surface area (Å²) in [5.74, 6) is 0.000196. The number of hydrogen-bond acceptors (Lipinski definition) is 3. The molecule has 0 saturated heterocycles. The summed E-state index contributed by atoms with van der Waals surface area (Å²) in [6, 6.07) is 0. The van der Waals surface area contributed by atoms with Crippen LogP contribution in [0.5, 0.6) is 0 Å². The van der Waals surface area contributed by atoms with E-state index in [2.05, 4.69) is 18.5 Å². The van der Waals surface area contributed by atoms with Crippen molar-refractivity contribution in [2.75, 3.05) is 13.2 Å². The third-order valence-electron chi connectivity index (χ3n) is 4.26. The normalized spacial score (nSPS) is 16.8. The summed E-state index contributed by atoms with van der Waals surface area (Å²) < 4.78 is 24.4. The second-order valence-corrected chi connectivity index (χ2v) is 8.13. The first-order valence-electron chi connectivity index (χ1n) is 8.79. The van der Waals surface area contributed by atoms with E-state index in [0.717, 1.165) is 24.8 Å². The molecule has 1 amide bonds. The number of amides is 1. The third kappa shape index (κ3) is 7.32. The van der Waals surface area contributed by atoms with Gasteiger partial charge in [-0.05, 0) is 45.1 Å². The van der Waals surface area contributed by atoms with Crippen molar-refractivity contribution in [2.45, 2.75) is 59.5 Å². The summed E-state index contributed by atoms with van der Waals surface area (Å²) in [4.78, 5) is 11.9. The summed E-state index contributed by atoms with van der Waals surface area (Å²) in [6.07, 6.45) is 3.81. The van der Waals surface area contributed by atoms with Gasteiger partial charge in [0.25, 0.3) is 0 Å². The highest BCUT2D eigenvalue weighted by atomic mass is 19.1. The monoisotopic (exact) mass is 353 g/mol. The van der Waals surface area contributed by atoms with Gasteiger partial charge in [0, 0.05) is 18.0 Å². The lowest BCUT2D eigenvalue weighted by Gasteiger charge is -2.42. The Bertz CT molecular complexity index is 540. The Kier molecular flexibility index (Phi) is 7.27. The fourth-order valence-corrected chi connectivity index (χ4v) is 2.51. The predicted octanol–water partition coefficient (Wildman–Crippen LogP) is 5.28. The maximum atomic E-state index is 13.2. The Morgan fingerprint density at radius 2 is 1.92 bits per heavy atom. The molecule has 1 saturated carbocycles. The molecule has 1 rings (SSSR count). The van der Waals surface area contributed by atoms with Crippen LogP contribution in [-0.4, -0.2) is 24.8 Å². The Morgan fingerprint density at radius 1 is 1.32 bits per heavy atom. The molecule has 0 unspecified atom stereocenters. The average Bonchev–Trinajstić information content (AvgIpc) is 2.41. The van der Waals surface area contributed by atoms with E-state index in [1.807, 2.05) is 34.6 Å². The van der Waals surface area contributed by atoms with Crippen molar-refractivity contribution >= 4 is 6.09 Å². The second-order valence-electron chi connectivity index (χ2n) is 8.13. The lowest BCUT2D eigenvalue weighted by atomic mass is 9.69. The largest absolute Gasteiger partial charge is 0.493 e. The van der Waals surface area contributed by atoms with Gasteiger partial charge in [0.15, 0.2) is 0 Å². The number of halogens is 1. The van der Waals surface area contributed by atoms with Crippen LogP contribution in [0.1, 0.15) is 53.9 Å². The van der Waals surface area contributed by atoms with E-state index in [4.69, 9.17) is 9.47 Å². The molecule has 0 heterocycles. The molecule has 142 valence electrons. The Balaban J connectivity index is 2.65. The Morgan fingerprint density at radius 3 is 2.32 bits per heavy atom. The molecule has 5 heteroatoms. The van der Waals surface area contributed by atoms with Gasteiger partial charge in [0.1, 0.15) is 17.2 Å². The summed E-state index contributed by atoms with van der Waals surface area (Å²) in [7, 11) is 0. The van der Waals surface area contributed by atoms with E-state index in [-0.39, 0.29) is 11.3 Å². The van der Waals surface area contributed by atoms with E-state index in [1.54, 1.807) is 0 Å². The number of alkyl carbamates (subject to hydrolysis) is 1. The highest BCUT2D eigenvalue weighted by Gasteiger charge is 2.39. The quantitative estimate of drug-likeness (QED) is 0.477. The molecule has 0 spiro atoms. The van der Waals surface area contributed by atoms with Crippen LogP contribution in [0.2, 0.25) is 0 Å². The molecule has 1 N–H and O–H groups in total. The molecule has 0 aliphatic heterocycles. The fraction of sp³-hybridized carbons (Fsp3) is 0.650. The maximum Gasteiger partial charge on any atom is 0.407 e. The predicted molar refractivity (Wildman–Crippen MR) is 98.8 cm³/mol. The zero-order chi connectivity index (χ0) is 19.3. The van der Waals surface area contributed by atoms with Crippen molar-refractivity contribution in [1.82, 2.24) is 5.32 Å². The van der Waals surface area contributed by atoms with Crippen LogP contribution in [0.3, 0.4) is 0 Å². The maximum absolute atomic E-state index is 13.2. The number of ether oxygens (including phenoxy) is 2. The van der Waals surface area contributed by atoms with E-state index in [1.165, 1.54) is 6.08 Å². The van der Waals surface area contributed by atoms with Crippen LogP contribution in [0.25, 0.3) is 0 Å². The highest BCUT2D eigenvalue weighted by molar-refractivity contribution is 5.67. The molecular formula is C20H32FNO3. The SMILES string of the molecule is C=C(F)/C=C(/OCC1(CNC(=O)OC(C)(C)C)CCC1)C(=C)C(C)C. The standard InChI is InChI=1S/C20H32FNO3/c1-14(2)16(4)17(11-15(3)21)24-13-20(9-8-10-20)12-22-18(23)25-19(5,6)7/h11,14H,3-4,8-10,12-13H2,1-2,5-7H3,(H,22,23)/b17-11+. The molecule has 1 fully saturated rings. The van der Waals surface area contributed by atoms with E-state index >= 15 is 0 Å². The van der Waals surface area contributed by atoms with Gasteiger partial charge in [-0.15, -0.1) is 0 Å². The minimum atomic E-state index is -0.564. The van der Waals surface area contributed by atoms with Gasteiger partial charge in [-0.1, -0.05) is 33.4 Å². The van der Waals surface area contributed by atoms with Gasteiger partial charge < -0.3 is 14.8 Å². The van der Waals surface area contributed by atoms with Crippen molar-refractivity contribution in [3.8, 4) is 0 Å². The lowest BCUT2D eigenvalue weighted by Crippen LogP contribution is -2.46. The van der Waals surface area contributed by atoms with Crippen LogP contribution >= 0.6 is 0 Å². The van der Waals surface area contributed by atoms with Crippen LogP contribution in [0.15, 0.2) is 36.4 Å². The molecule has 0 bridgehead atoms. The molecule has 1 aliphatic rings. The zero-order valence-electron chi connectivity index (χ0n) is 16.2. The molecule has 4 nitrogen and oxygen atoms in total. The van der Waals surface area contributed by atoms with E-state index < -0.39 is 17.5 Å². The molecule has 0 atom stereocenters. The number of hydrogen-bond donors (Lipinski definition) is 1. The molecule has 0 aromatic rings. The van der Waals surface area contributed by atoms with E-state index in [0.29, 0.717) is 18.9 Å². The van der Waals surface area contributed by atoms with Crippen LogP contribution in [0.4, 0.5) is 9.18 Å². The van der Waals surface area contributed by atoms with Gasteiger partial charge in [0.05, 0.1) is 6.61 Å². The summed E-state index contributed by atoms with van der Waals surface area (Å²) in [5, 5.41) is 2.82. The molecule has 1 aliphatic carbocycles. The lowest BCUT2D eigenvalue weighted by molar-refractivity contribution is 0.0162. The number of allylic oxidation sites excluding steroid dienone is 3. The van der Waals surface area contributed by atoms with Gasteiger partial charge in [-0.25, -0.2) is 9.18 Å². The molecular weight excluding hydrogens is 321 g/mol. The summed E-state index contributed by atoms with van der Waals surface area (Å²) in [6.45, 7) is 17.5. The van der Waals surface area contributed by atoms with Crippen molar-refractivity contribution in [3.05, 3.63) is 36.4 Å². The second kappa shape index (κ2) is 8.54. The van der Waals surface area contributed by atoms with Crippen molar-refractivity contribution in [3.63, 3.8) is 0 Å². The Hall–Kier alpha value is -1.78. The number of nitrogens with one attached hydrogen (secondary N) is 1. The number of rotatable bonds is 8. The van der Waals surface area contributed by atoms with Crippen molar-refractivity contribution in [1.29, 1.82) is 0 Å². The van der Waals surface area contributed by atoms with Crippen LogP contribution in [-0.2, 0) is 9.47 Å². The summed E-state index contributed by atoms with van der Waals surface area (Å²) >= 11 is 0. The smallest absolute Gasteiger partial charge is 0.407 e. The summed E-state index contributed by atoms with van der Waals surface area (Å²) in [5.41, 5.74) is 0.0540. The molecule has 25 heavy (non-hydrogen) atoms. The van der Waals surface area contributed by atoms with Gasteiger partial charge in [-0.2, -0.15) is 0 Å². The van der Waals surface area contributed by atoms with Crippen molar-refractivity contribution in [2.24, 2.45) is 11.3 Å². The van der Waals surface area contributed by atoms with Crippen LogP contribution < -0.4 is 5.32 Å². The molecule has 0 aromatic heterocycles.